The highest BCUT2D eigenvalue weighted by Gasteiger charge is 2.36. The molecule has 0 bridgehead atoms. The number of rotatable bonds is 0. The molecule has 6 nitrogen and oxygen atoms in total. The SMILES string of the molecule is CC(C)(C)C1CC(=NO)C(=NO)C(=NO)C1. The van der Waals surface area contributed by atoms with E-state index in [0.717, 1.165) is 0 Å². The molecule has 0 aromatic heterocycles. The summed E-state index contributed by atoms with van der Waals surface area (Å²) in [4.78, 5) is 0. The third-order valence-corrected chi connectivity index (χ3v) is 2.99. The van der Waals surface area contributed by atoms with Gasteiger partial charge in [0.05, 0.1) is 0 Å². The second-order valence-electron chi connectivity index (χ2n) is 5.01. The fourth-order valence-corrected chi connectivity index (χ4v) is 1.80. The van der Waals surface area contributed by atoms with Crippen LogP contribution in [-0.4, -0.2) is 32.8 Å². The smallest absolute Gasteiger partial charge is 0.152 e. The summed E-state index contributed by atoms with van der Waals surface area (Å²) >= 11 is 0. The summed E-state index contributed by atoms with van der Waals surface area (Å²) < 4.78 is 0. The monoisotopic (exact) mass is 227 g/mol. The van der Waals surface area contributed by atoms with Gasteiger partial charge >= 0.3 is 0 Å². The number of nitrogens with zero attached hydrogens (tertiary/aromatic N) is 3. The van der Waals surface area contributed by atoms with E-state index in [4.69, 9.17) is 15.6 Å². The Hall–Kier alpha value is -1.59. The van der Waals surface area contributed by atoms with Crippen molar-refractivity contribution < 1.29 is 15.6 Å². The second-order valence-corrected chi connectivity index (χ2v) is 5.01. The van der Waals surface area contributed by atoms with Crippen LogP contribution in [0.2, 0.25) is 0 Å². The van der Waals surface area contributed by atoms with E-state index in [1.165, 1.54) is 0 Å². The maximum absolute atomic E-state index is 8.85. The van der Waals surface area contributed by atoms with Crippen LogP contribution in [0, 0.1) is 11.3 Å². The van der Waals surface area contributed by atoms with E-state index in [9.17, 15) is 0 Å². The first kappa shape index (κ1) is 12.5. The summed E-state index contributed by atoms with van der Waals surface area (Å²) in [6.07, 6.45) is 0.997. The molecule has 0 saturated heterocycles. The molecule has 0 amide bonds. The Bertz CT molecular complexity index is 329. The van der Waals surface area contributed by atoms with Crippen molar-refractivity contribution in [3.63, 3.8) is 0 Å². The van der Waals surface area contributed by atoms with Gasteiger partial charge in [-0.1, -0.05) is 36.2 Å². The van der Waals surface area contributed by atoms with Crippen LogP contribution in [0.5, 0.6) is 0 Å². The van der Waals surface area contributed by atoms with Crippen molar-refractivity contribution in [1.29, 1.82) is 0 Å². The van der Waals surface area contributed by atoms with Crippen molar-refractivity contribution >= 4 is 17.1 Å². The Balaban J connectivity index is 3.07. The Morgan fingerprint density at radius 2 is 1.38 bits per heavy atom. The first-order valence-corrected chi connectivity index (χ1v) is 5.08. The highest BCUT2D eigenvalue weighted by Crippen LogP contribution is 2.35. The lowest BCUT2D eigenvalue weighted by Crippen LogP contribution is -2.39. The van der Waals surface area contributed by atoms with Crippen LogP contribution in [0.4, 0.5) is 0 Å². The Morgan fingerprint density at radius 3 is 1.62 bits per heavy atom. The predicted octanol–water partition coefficient (Wildman–Crippen LogP) is 1.93. The average Bonchev–Trinajstić information content (AvgIpc) is 2.25. The van der Waals surface area contributed by atoms with E-state index in [0.29, 0.717) is 12.8 Å². The summed E-state index contributed by atoms with van der Waals surface area (Å²) in [5.74, 6) is 0.176. The molecule has 0 aromatic rings. The van der Waals surface area contributed by atoms with Gasteiger partial charge in [0.1, 0.15) is 11.4 Å². The lowest BCUT2D eigenvalue weighted by molar-refractivity contribution is 0.244. The van der Waals surface area contributed by atoms with Gasteiger partial charge in [0.15, 0.2) is 5.71 Å². The van der Waals surface area contributed by atoms with Gasteiger partial charge in [-0.3, -0.25) is 0 Å². The molecule has 6 heteroatoms. The fourth-order valence-electron chi connectivity index (χ4n) is 1.80. The molecule has 3 N–H and O–H groups in total. The van der Waals surface area contributed by atoms with Gasteiger partial charge in [0, 0.05) is 0 Å². The van der Waals surface area contributed by atoms with E-state index in [1.807, 2.05) is 0 Å². The van der Waals surface area contributed by atoms with Crippen LogP contribution >= 0.6 is 0 Å². The van der Waals surface area contributed by atoms with Crippen molar-refractivity contribution in [2.75, 3.05) is 0 Å². The van der Waals surface area contributed by atoms with Crippen molar-refractivity contribution in [3.8, 4) is 0 Å². The number of hydrogen-bond donors (Lipinski definition) is 3. The summed E-state index contributed by atoms with van der Waals surface area (Å²) in [6.45, 7) is 6.17. The van der Waals surface area contributed by atoms with Gasteiger partial charge in [-0.25, -0.2) is 0 Å². The summed E-state index contributed by atoms with van der Waals surface area (Å²) in [6, 6.07) is 0. The van der Waals surface area contributed by atoms with Crippen LogP contribution < -0.4 is 0 Å². The summed E-state index contributed by atoms with van der Waals surface area (Å²) in [7, 11) is 0. The van der Waals surface area contributed by atoms with Crippen LogP contribution in [0.25, 0.3) is 0 Å². The quantitative estimate of drug-likeness (QED) is 0.435. The maximum atomic E-state index is 8.85. The molecule has 0 unspecified atom stereocenters. The molecular formula is C10H17N3O3. The largest absolute Gasteiger partial charge is 0.411 e. The van der Waals surface area contributed by atoms with Gasteiger partial charge < -0.3 is 15.6 Å². The third kappa shape index (κ3) is 2.32. The Morgan fingerprint density at radius 1 is 0.938 bits per heavy atom. The average molecular weight is 227 g/mol. The predicted molar refractivity (Wildman–Crippen MR) is 59.8 cm³/mol. The van der Waals surface area contributed by atoms with E-state index in [2.05, 4.69) is 36.2 Å². The van der Waals surface area contributed by atoms with Gasteiger partial charge in [0.25, 0.3) is 0 Å². The van der Waals surface area contributed by atoms with Crippen LogP contribution in [0.3, 0.4) is 0 Å². The zero-order chi connectivity index (χ0) is 12.3. The van der Waals surface area contributed by atoms with E-state index < -0.39 is 0 Å². The minimum Gasteiger partial charge on any atom is -0.411 e. The Labute approximate surface area is 93.9 Å². The van der Waals surface area contributed by atoms with Crippen molar-refractivity contribution in [1.82, 2.24) is 0 Å². The molecule has 0 aliphatic heterocycles. The van der Waals surface area contributed by atoms with Gasteiger partial charge in [0.2, 0.25) is 0 Å². The normalized spacial score (nSPS) is 27.4. The van der Waals surface area contributed by atoms with Crippen LogP contribution in [0.15, 0.2) is 15.5 Å². The second kappa shape index (κ2) is 4.51. The van der Waals surface area contributed by atoms with Gasteiger partial charge in [-0.2, -0.15) is 0 Å². The summed E-state index contributed by atoms with van der Waals surface area (Å²) in [5, 5.41) is 35.7. The van der Waals surface area contributed by atoms with E-state index in [1.54, 1.807) is 0 Å². The van der Waals surface area contributed by atoms with E-state index in [-0.39, 0.29) is 28.5 Å². The molecule has 0 spiro atoms. The highest BCUT2D eigenvalue weighted by molar-refractivity contribution is 6.69. The zero-order valence-corrected chi connectivity index (χ0v) is 9.67. The lowest BCUT2D eigenvalue weighted by Gasteiger charge is -2.34. The van der Waals surface area contributed by atoms with Crippen molar-refractivity contribution in [2.24, 2.45) is 26.8 Å². The Kier molecular flexibility index (Phi) is 3.51. The molecule has 1 saturated carbocycles. The fraction of sp³-hybridized carbons (Fsp3) is 0.700. The minimum absolute atomic E-state index is 0.00708. The van der Waals surface area contributed by atoms with Gasteiger partial charge in [-0.15, -0.1) is 0 Å². The molecule has 16 heavy (non-hydrogen) atoms. The van der Waals surface area contributed by atoms with Crippen LogP contribution in [-0.2, 0) is 0 Å². The summed E-state index contributed by atoms with van der Waals surface area (Å²) in [5.41, 5.74) is 0.556. The molecule has 0 aromatic carbocycles. The topological polar surface area (TPSA) is 97.8 Å². The standard InChI is InChI=1S/C10H17N3O3/c1-10(2,3)6-4-7(11-14)9(13-16)8(5-6)12-15/h6,14-16H,4-5H2,1-3H3. The molecular weight excluding hydrogens is 210 g/mol. The molecule has 90 valence electrons. The first-order chi connectivity index (χ1) is 7.43. The molecule has 1 aliphatic carbocycles. The van der Waals surface area contributed by atoms with Gasteiger partial charge in [-0.05, 0) is 24.2 Å². The number of hydrogen-bond acceptors (Lipinski definition) is 6. The number of oxime groups is 3. The molecule has 0 heterocycles. The third-order valence-electron chi connectivity index (χ3n) is 2.99. The molecule has 1 rings (SSSR count). The van der Waals surface area contributed by atoms with Crippen molar-refractivity contribution in [2.45, 2.75) is 33.6 Å². The first-order valence-electron chi connectivity index (χ1n) is 5.08. The molecule has 0 atom stereocenters. The van der Waals surface area contributed by atoms with Crippen LogP contribution in [0.1, 0.15) is 33.6 Å². The minimum atomic E-state index is -0.00708. The van der Waals surface area contributed by atoms with E-state index >= 15 is 0 Å². The molecule has 1 fully saturated rings. The zero-order valence-electron chi connectivity index (χ0n) is 9.67. The van der Waals surface area contributed by atoms with Crippen molar-refractivity contribution in [3.05, 3.63) is 0 Å². The molecule has 0 radical (unpaired) electrons. The molecule has 1 aliphatic rings. The highest BCUT2D eigenvalue weighted by atomic mass is 16.4. The maximum Gasteiger partial charge on any atom is 0.152 e. The lowest BCUT2D eigenvalue weighted by atomic mass is 9.70.